The molecule has 2 amide bonds. The quantitative estimate of drug-likeness (QED) is 0.447. The Bertz CT molecular complexity index is 1090. The van der Waals surface area contributed by atoms with Gasteiger partial charge >= 0.3 is 0 Å². The first-order chi connectivity index (χ1) is 18.8. The molecule has 0 saturated carbocycles. The average molecular weight is 575 g/mol. The number of piperazine rings is 1. The summed E-state index contributed by atoms with van der Waals surface area (Å²) in [5, 5.41) is 7.42. The third-order valence-corrected chi connectivity index (χ3v) is 8.76. The lowest BCUT2D eigenvalue weighted by molar-refractivity contribution is -0.133. The standard InChI is InChI=1S/C30H41Cl2N5O2/c1-3-22(23-7-5-4-6-8-23)21-37-14-11-25(20-33-29(38)24-9-10-26(31)27(32)19-24)34-28(30(37)39)12-13-36-17-15-35(2)16-18-36/h4-10,19,22,25,28,34H,3,11-18,20-21H2,1-2H3,(H,33,38)/t22?,25-,28-/m0/s1. The fourth-order valence-electron chi connectivity index (χ4n) is 5.43. The van der Waals surface area contributed by atoms with Crippen molar-refractivity contribution in [2.75, 3.05) is 59.4 Å². The second-order valence-electron chi connectivity index (χ2n) is 10.8. The predicted octanol–water partition coefficient (Wildman–Crippen LogP) is 4.11. The molecule has 9 heteroatoms. The summed E-state index contributed by atoms with van der Waals surface area (Å²) in [5.74, 6) is 0.253. The number of nitrogens with one attached hydrogen (secondary N) is 2. The molecule has 0 radical (unpaired) electrons. The van der Waals surface area contributed by atoms with E-state index in [1.165, 1.54) is 5.56 Å². The van der Waals surface area contributed by atoms with Crippen molar-refractivity contribution in [2.24, 2.45) is 0 Å². The number of nitrogens with zero attached hydrogens (tertiary/aromatic N) is 3. The van der Waals surface area contributed by atoms with Gasteiger partial charge in [0.2, 0.25) is 5.91 Å². The van der Waals surface area contributed by atoms with E-state index in [2.05, 4.69) is 58.7 Å². The van der Waals surface area contributed by atoms with E-state index in [-0.39, 0.29) is 23.9 Å². The minimum Gasteiger partial charge on any atom is -0.350 e. The van der Waals surface area contributed by atoms with Gasteiger partial charge < -0.3 is 25.3 Å². The molecular formula is C30H41Cl2N5O2. The zero-order chi connectivity index (χ0) is 27.8. The maximum absolute atomic E-state index is 13.8. The van der Waals surface area contributed by atoms with E-state index < -0.39 is 0 Å². The zero-order valence-corrected chi connectivity index (χ0v) is 24.6. The molecule has 2 aliphatic heterocycles. The van der Waals surface area contributed by atoms with Crippen molar-refractivity contribution in [3.63, 3.8) is 0 Å². The summed E-state index contributed by atoms with van der Waals surface area (Å²) in [6.45, 7) is 9.01. The van der Waals surface area contributed by atoms with Gasteiger partial charge in [0.05, 0.1) is 16.1 Å². The van der Waals surface area contributed by atoms with E-state index in [9.17, 15) is 9.59 Å². The molecule has 0 spiro atoms. The van der Waals surface area contributed by atoms with Crippen LogP contribution >= 0.6 is 23.2 Å². The third-order valence-electron chi connectivity index (χ3n) is 8.02. The summed E-state index contributed by atoms with van der Waals surface area (Å²) in [5.41, 5.74) is 1.74. The maximum atomic E-state index is 13.8. The lowest BCUT2D eigenvalue weighted by atomic mass is 9.95. The molecule has 1 unspecified atom stereocenters. The summed E-state index contributed by atoms with van der Waals surface area (Å²) < 4.78 is 0. The van der Waals surface area contributed by atoms with Crippen LogP contribution in [0.15, 0.2) is 48.5 Å². The second kappa shape index (κ2) is 14.5. The summed E-state index contributed by atoms with van der Waals surface area (Å²) in [6.07, 6.45) is 2.48. The number of carbonyl (C=O) groups excluding carboxylic acids is 2. The third kappa shape index (κ3) is 8.41. The Labute approximate surface area is 242 Å². The minimum atomic E-state index is -0.285. The predicted molar refractivity (Wildman–Crippen MR) is 159 cm³/mol. The van der Waals surface area contributed by atoms with E-state index in [1.54, 1.807) is 18.2 Å². The Kier molecular flexibility index (Phi) is 11.1. The number of halogens is 2. The van der Waals surface area contributed by atoms with Gasteiger partial charge in [-0.15, -0.1) is 0 Å². The van der Waals surface area contributed by atoms with E-state index >= 15 is 0 Å². The summed E-state index contributed by atoms with van der Waals surface area (Å²) in [7, 11) is 2.15. The van der Waals surface area contributed by atoms with Gasteiger partial charge in [0.15, 0.2) is 0 Å². The van der Waals surface area contributed by atoms with Crippen LogP contribution in [-0.4, -0.2) is 98.0 Å². The van der Waals surface area contributed by atoms with Crippen LogP contribution in [0.3, 0.4) is 0 Å². The van der Waals surface area contributed by atoms with E-state index in [4.69, 9.17) is 23.2 Å². The van der Waals surface area contributed by atoms with Gasteiger partial charge in [-0.05, 0) is 50.1 Å². The molecule has 4 rings (SSSR count). The van der Waals surface area contributed by atoms with Gasteiger partial charge in [-0.3, -0.25) is 9.59 Å². The summed E-state index contributed by atoms with van der Waals surface area (Å²) in [4.78, 5) is 33.5. The molecule has 3 atom stereocenters. The van der Waals surface area contributed by atoms with Crippen molar-refractivity contribution in [1.82, 2.24) is 25.3 Å². The molecule has 2 aromatic carbocycles. The molecule has 7 nitrogen and oxygen atoms in total. The van der Waals surface area contributed by atoms with Gasteiger partial charge in [-0.1, -0.05) is 60.5 Å². The molecule has 2 heterocycles. The molecule has 0 aliphatic carbocycles. The molecule has 212 valence electrons. The van der Waals surface area contributed by atoms with Gasteiger partial charge in [0.25, 0.3) is 5.91 Å². The van der Waals surface area contributed by atoms with Gasteiger partial charge in [0, 0.05) is 69.9 Å². The highest BCUT2D eigenvalue weighted by Crippen LogP contribution is 2.24. The first-order valence-electron chi connectivity index (χ1n) is 14.1. The molecule has 39 heavy (non-hydrogen) atoms. The van der Waals surface area contributed by atoms with Crippen LogP contribution in [0.25, 0.3) is 0 Å². The Morgan fingerprint density at radius 3 is 2.49 bits per heavy atom. The summed E-state index contributed by atoms with van der Waals surface area (Å²) in [6, 6.07) is 15.0. The van der Waals surface area contributed by atoms with Gasteiger partial charge in [-0.2, -0.15) is 0 Å². The fraction of sp³-hybridized carbons (Fsp3) is 0.533. The van der Waals surface area contributed by atoms with Crippen LogP contribution in [-0.2, 0) is 4.79 Å². The van der Waals surface area contributed by atoms with Crippen LogP contribution in [0, 0.1) is 0 Å². The Morgan fingerprint density at radius 1 is 1.05 bits per heavy atom. The highest BCUT2D eigenvalue weighted by molar-refractivity contribution is 6.42. The van der Waals surface area contributed by atoms with Crippen molar-refractivity contribution >= 4 is 35.0 Å². The van der Waals surface area contributed by atoms with Crippen LogP contribution in [0.4, 0.5) is 0 Å². The number of carbonyl (C=O) groups is 2. The van der Waals surface area contributed by atoms with Crippen LogP contribution in [0.2, 0.25) is 10.0 Å². The number of benzene rings is 2. The first-order valence-corrected chi connectivity index (χ1v) is 14.8. The molecule has 2 N–H and O–H groups in total. The van der Waals surface area contributed by atoms with Crippen molar-refractivity contribution in [2.45, 2.75) is 44.2 Å². The highest BCUT2D eigenvalue weighted by Gasteiger charge is 2.32. The lowest BCUT2D eigenvalue weighted by Crippen LogP contribution is -2.51. The zero-order valence-electron chi connectivity index (χ0n) is 23.0. The number of hydrogen-bond donors (Lipinski definition) is 2. The number of rotatable bonds is 10. The molecular weight excluding hydrogens is 533 g/mol. The number of likely N-dealkylation sites (N-methyl/N-ethyl adjacent to an activating group) is 1. The largest absolute Gasteiger partial charge is 0.350 e. The minimum absolute atomic E-state index is 0.0139. The van der Waals surface area contributed by atoms with E-state index in [0.29, 0.717) is 41.2 Å². The van der Waals surface area contributed by atoms with Crippen LogP contribution < -0.4 is 10.6 Å². The number of amides is 2. The molecule has 2 fully saturated rings. The normalized spacial score (nSPS) is 21.9. The van der Waals surface area contributed by atoms with Crippen molar-refractivity contribution in [3.05, 3.63) is 69.7 Å². The molecule has 2 aliphatic rings. The van der Waals surface area contributed by atoms with E-state index in [0.717, 1.165) is 52.0 Å². The molecule has 2 aromatic rings. The number of hydrogen-bond acceptors (Lipinski definition) is 5. The molecule has 0 bridgehead atoms. The van der Waals surface area contributed by atoms with Crippen molar-refractivity contribution < 1.29 is 9.59 Å². The monoisotopic (exact) mass is 573 g/mol. The topological polar surface area (TPSA) is 67.9 Å². The Balaban J connectivity index is 1.43. The van der Waals surface area contributed by atoms with Gasteiger partial charge in [-0.25, -0.2) is 0 Å². The smallest absolute Gasteiger partial charge is 0.251 e. The second-order valence-corrected chi connectivity index (χ2v) is 11.6. The Hall–Kier alpha value is -2.16. The molecule has 2 saturated heterocycles. The van der Waals surface area contributed by atoms with Gasteiger partial charge in [0.1, 0.15) is 0 Å². The van der Waals surface area contributed by atoms with Crippen molar-refractivity contribution in [3.8, 4) is 0 Å². The highest BCUT2D eigenvalue weighted by atomic mass is 35.5. The maximum Gasteiger partial charge on any atom is 0.251 e. The SMILES string of the molecule is CCC(CN1CC[C@@H](CNC(=O)c2ccc(Cl)c(Cl)c2)N[C@@H](CCN2CCN(C)CC2)C1=O)c1ccccc1. The van der Waals surface area contributed by atoms with E-state index in [1.807, 2.05) is 11.0 Å². The average Bonchev–Trinajstić information content (AvgIpc) is 3.10. The first kappa shape index (κ1) is 29.8. The van der Waals surface area contributed by atoms with Crippen LogP contribution in [0.5, 0.6) is 0 Å². The van der Waals surface area contributed by atoms with Crippen LogP contribution in [0.1, 0.15) is 48.0 Å². The van der Waals surface area contributed by atoms with Crippen molar-refractivity contribution in [1.29, 1.82) is 0 Å². The molecule has 0 aromatic heterocycles. The Morgan fingerprint density at radius 2 is 1.79 bits per heavy atom. The fourth-order valence-corrected chi connectivity index (χ4v) is 5.73. The summed E-state index contributed by atoms with van der Waals surface area (Å²) >= 11 is 12.1. The lowest BCUT2D eigenvalue weighted by Gasteiger charge is -2.34.